The highest BCUT2D eigenvalue weighted by molar-refractivity contribution is 5.74. The quantitative estimate of drug-likeness (QED) is 0.935. The Labute approximate surface area is 142 Å². The summed E-state index contributed by atoms with van der Waals surface area (Å²) in [6.45, 7) is 6.44. The number of urea groups is 1. The first-order valence-electron chi connectivity index (χ1n) is 8.38. The van der Waals surface area contributed by atoms with Crippen molar-refractivity contribution in [1.82, 2.24) is 10.2 Å². The molecule has 5 nitrogen and oxygen atoms in total. The van der Waals surface area contributed by atoms with Crippen molar-refractivity contribution in [3.63, 3.8) is 0 Å². The summed E-state index contributed by atoms with van der Waals surface area (Å²) in [4.78, 5) is 14.2. The number of carbonyl (C=O) groups is 1. The number of furan rings is 1. The number of aryl methyl sites for hydroxylation is 1. The summed E-state index contributed by atoms with van der Waals surface area (Å²) >= 11 is 0. The van der Waals surface area contributed by atoms with Gasteiger partial charge in [0.1, 0.15) is 11.9 Å². The molecule has 3 rings (SSSR count). The van der Waals surface area contributed by atoms with Gasteiger partial charge in [-0.2, -0.15) is 0 Å². The number of nitrogens with zero attached hydrogens (tertiary/aromatic N) is 1. The van der Waals surface area contributed by atoms with Crippen LogP contribution >= 0.6 is 0 Å². The van der Waals surface area contributed by atoms with Crippen LogP contribution < -0.4 is 5.32 Å². The molecule has 0 radical (unpaired) electrons. The van der Waals surface area contributed by atoms with E-state index in [9.17, 15) is 4.79 Å². The summed E-state index contributed by atoms with van der Waals surface area (Å²) in [5.74, 6) is 1.04. The van der Waals surface area contributed by atoms with Crippen LogP contribution in [0.3, 0.4) is 0 Å². The third-order valence-corrected chi connectivity index (χ3v) is 4.42. The van der Waals surface area contributed by atoms with Gasteiger partial charge in [0, 0.05) is 13.1 Å². The largest absolute Gasteiger partial charge is 0.467 e. The van der Waals surface area contributed by atoms with Gasteiger partial charge in [-0.05, 0) is 30.5 Å². The van der Waals surface area contributed by atoms with Crippen LogP contribution in [0.25, 0.3) is 0 Å². The third kappa shape index (κ3) is 3.97. The molecule has 0 saturated carbocycles. The van der Waals surface area contributed by atoms with E-state index in [1.165, 1.54) is 11.1 Å². The molecule has 2 amide bonds. The SMILES string of the molecule is Cc1ccc(C(C)CNC(=O)N2CCOC(c3ccco3)C2)cc1. The number of hydrogen-bond donors (Lipinski definition) is 1. The van der Waals surface area contributed by atoms with Crippen molar-refractivity contribution in [3.8, 4) is 0 Å². The first-order chi connectivity index (χ1) is 11.6. The van der Waals surface area contributed by atoms with Gasteiger partial charge in [0.05, 0.1) is 19.4 Å². The van der Waals surface area contributed by atoms with Crippen LogP contribution in [0.5, 0.6) is 0 Å². The lowest BCUT2D eigenvalue weighted by molar-refractivity contribution is -0.0260. The number of rotatable bonds is 4. The zero-order valence-corrected chi connectivity index (χ0v) is 14.2. The molecular formula is C19H24N2O3. The number of carbonyl (C=O) groups excluding carboxylic acids is 1. The zero-order chi connectivity index (χ0) is 16.9. The highest BCUT2D eigenvalue weighted by Crippen LogP contribution is 2.22. The molecule has 0 bridgehead atoms. The average Bonchev–Trinajstić information content (AvgIpc) is 3.15. The predicted octanol–water partition coefficient (Wildman–Crippen LogP) is 3.47. The van der Waals surface area contributed by atoms with E-state index >= 15 is 0 Å². The van der Waals surface area contributed by atoms with Crippen LogP contribution in [0.15, 0.2) is 47.1 Å². The highest BCUT2D eigenvalue weighted by atomic mass is 16.5. The lowest BCUT2D eigenvalue weighted by atomic mass is 10.0. The molecule has 1 aliphatic rings. The van der Waals surface area contributed by atoms with Crippen LogP contribution in [-0.4, -0.2) is 37.2 Å². The van der Waals surface area contributed by atoms with E-state index in [1.807, 2.05) is 12.1 Å². The molecule has 1 aromatic carbocycles. The Morgan fingerprint density at radius 1 is 1.33 bits per heavy atom. The first-order valence-corrected chi connectivity index (χ1v) is 8.38. The maximum absolute atomic E-state index is 12.4. The Morgan fingerprint density at radius 2 is 2.12 bits per heavy atom. The van der Waals surface area contributed by atoms with E-state index in [0.717, 1.165) is 5.76 Å². The summed E-state index contributed by atoms with van der Waals surface area (Å²) in [5, 5.41) is 3.03. The Hall–Kier alpha value is -2.27. The van der Waals surface area contributed by atoms with Crippen molar-refractivity contribution in [2.45, 2.75) is 25.9 Å². The smallest absolute Gasteiger partial charge is 0.317 e. The van der Waals surface area contributed by atoms with Gasteiger partial charge >= 0.3 is 6.03 Å². The lowest BCUT2D eigenvalue weighted by Crippen LogP contribution is -2.47. The fourth-order valence-electron chi connectivity index (χ4n) is 2.85. The summed E-state index contributed by atoms with van der Waals surface area (Å²) in [5.41, 5.74) is 2.48. The molecular weight excluding hydrogens is 304 g/mol. The first kappa shape index (κ1) is 16.6. The summed E-state index contributed by atoms with van der Waals surface area (Å²) in [6.07, 6.45) is 1.44. The standard InChI is InChI=1S/C19H24N2O3/c1-14-5-7-16(8-6-14)15(2)12-20-19(22)21-9-11-24-18(13-21)17-4-3-10-23-17/h3-8,10,15,18H,9,11-13H2,1-2H3,(H,20,22). The fourth-order valence-corrected chi connectivity index (χ4v) is 2.85. The van der Waals surface area contributed by atoms with Crippen LogP contribution in [0.2, 0.25) is 0 Å². The molecule has 128 valence electrons. The number of morpholine rings is 1. The van der Waals surface area contributed by atoms with Gasteiger partial charge in [-0.3, -0.25) is 0 Å². The Bertz CT molecular complexity index is 652. The molecule has 2 aromatic rings. The Balaban J connectivity index is 1.52. The van der Waals surface area contributed by atoms with E-state index in [2.05, 4.69) is 43.4 Å². The molecule has 2 unspecified atom stereocenters. The predicted molar refractivity (Wildman–Crippen MR) is 92.0 cm³/mol. The minimum Gasteiger partial charge on any atom is -0.467 e. The normalized spacial score (nSPS) is 19.1. The number of amides is 2. The molecule has 1 fully saturated rings. The Kier molecular flexibility index (Phi) is 5.20. The summed E-state index contributed by atoms with van der Waals surface area (Å²) in [6, 6.07) is 12.1. The van der Waals surface area contributed by atoms with Gasteiger partial charge in [0.15, 0.2) is 0 Å². The molecule has 1 aromatic heterocycles. The second kappa shape index (κ2) is 7.53. The number of hydrogen-bond acceptors (Lipinski definition) is 3. The minimum atomic E-state index is -0.186. The van der Waals surface area contributed by atoms with Crippen molar-refractivity contribution in [1.29, 1.82) is 0 Å². The maximum atomic E-state index is 12.4. The van der Waals surface area contributed by atoms with Crippen LogP contribution in [0.1, 0.15) is 35.8 Å². The maximum Gasteiger partial charge on any atom is 0.317 e. The topological polar surface area (TPSA) is 54.7 Å². The average molecular weight is 328 g/mol. The van der Waals surface area contributed by atoms with E-state index in [0.29, 0.717) is 26.2 Å². The van der Waals surface area contributed by atoms with Gasteiger partial charge in [0.25, 0.3) is 0 Å². The summed E-state index contributed by atoms with van der Waals surface area (Å²) < 4.78 is 11.1. The summed E-state index contributed by atoms with van der Waals surface area (Å²) in [7, 11) is 0. The lowest BCUT2D eigenvalue weighted by Gasteiger charge is -2.32. The van der Waals surface area contributed by atoms with Crippen molar-refractivity contribution >= 4 is 6.03 Å². The van der Waals surface area contributed by atoms with Gasteiger partial charge in [-0.15, -0.1) is 0 Å². The molecule has 2 heterocycles. The van der Waals surface area contributed by atoms with Gasteiger partial charge in [-0.1, -0.05) is 36.8 Å². The van der Waals surface area contributed by atoms with Crippen molar-refractivity contribution in [2.75, 3.05) is 26.2 Å². The second-order valence-corrected chi connectivity index (χ2v) is 6.32. The Morgan fingerprint density at radius 3 is 2.83 bits per heavy atom. The second-order valence-electron chi connectivity index (χ2n) is 6.32. The zero-order valence-electron chi connectivity index (χ0n) is 14.2. The van der Waals surface area contributed by atoms with E-state index in [-0.39, 0.29) is 18.1 Å². The van der Waals surface area contributed by atoms with Gasteiger partial charge in [0.2, 0.25) is 0 Å². The fraction of sp³-hybridized carbons (Fsp3) is 0.421. The molecule has 5 heteroatoms. The van der Waals surface area contributed by atoms with Gasteiger partial charge in [-0.25, -0.2) is 4.79 Å². The molecule has 0 aliphatic carbocycles. The third-order valence-electron chi connectivity index (χ3n) is 4.42. The van der Waals surface area contributed by atoms with Crippen LogP contribution in [0, 0.1) is 6.92 Å². The monoisotopic (exact) mass is 328 g/mol. The van der Waals surface area contributed by atoms with E-state index in [1.54, 1.807) is 11.2 Å². The van der Waals surface area contributed by atoms with Crippen molar-refractivity contribution < 1.29 is 13.9 Å². The van der Waals surface area contributed by atoms with E-state index < -0.39 is 0 Å². The van der Waals surface area contributed by atoms with E-state index in [4.69, 9.17) is 9.15 Å². The molecule has 0 spiro atoms. The molecule has 1 N–H and O–H groups in total. The van der Waals surface area contributed by atoms with Crippen molar-refractivity contribution in [2.24, 2.45) is 0 Å². The minimum absolute atomic E-state index is 0.0474. The van der Waals surface area contributed by atoms with Crippen LogP contribution in [0.4, 0.5) is 4.79 Å². The highest BCUT2D eigenvalue weighted by Gasteiger charge is 2.27. The number of nitrogens with one attached hydrogen (secondary N) is 1. The molecule has 1 saturated heterocycles. The number of benzene rings is 1. The molecule has 24 heavy (non-hydrogen) atoms. The molecule has 1 aliphatic heterocycles. The van der Waals surface area contributed by atoms with Gasteiger partial charge < -0.3 is 19.4 Å². The van der Waals surface area contributed by atoms with Crippen LogP contribution in [-0.2, 0) is 4.74 Å². The number of ether oxygens (including phenoxy) is 1. The molecule has 2 atom stereocenters. The van der Waals surface area contributed by atoms with Crippen molar-refractivity contribution in [3.05, 3.63) is 59.5 Å².